The lowest BCUT2D eigenvalue weighted by Crippen LogP contribution is -2.42. The molecule has 6 nitrogen and oxygen atoms in total. The molecule has 0 saturated carbocycles. The van der Waals surface area contributed by atoms with Crippen LogP contribution in [0.1, 0.15) is 61.0 Å². The fraction of sp³-hybridized carbons (Fsp3) is 0.778. The molecule has 1 atom stereocenters. The molecule has 0 radical (unpaired) electrons. The van der Waals surface area contributed by atoms with E-state index in [0.717, 1.165) is 50.4 Å². The monoisotopic (exact) mass is 334 g/mol. The van der Waals surface area contributed by atoms with Gasteiger partial charge in [0.25, 0.3) is 5.91 Å². The molecule has 2 fully saturated rings. The number of rotatable bonds is 5. The number of carbonyl (C=O) groups is 1. The standard InChI is InChI=1S/C18H30N4O2/c1-14-5-3-4-9-22(14)10-8-19-18(23)16-13-21(2)20-17(16)15-6-11-24-12-7-15/h13-15H,3-12H2,1-2H3,(H,19,23). The Morgan fingerprint density at radius 2 is 2.12 bits per heavy atom. The van der Waals surface area contributed by atoms with Crippen LogP contribution in [-0.2, 0) is 11.8 Å². The molecule has 2 saturated heterocycles. The first-order valence-electron chi connectivity index (χ1n) is 9.28. The number of ether oxygens (including phenoxy) is 1. The molecular weight excluding hydrogens is 304 g/mol. The van der Waals surface area contributed by atoms with Crippen molar-refractivity contribution < 1.29 is 9.53 Å². The zero-order valence-corrected chi connectivity index (χ0v) is 15.0. The van der Waals surface area contributed by atoms with E-state index >= 15 is 0 Å². The largest absolute Gasteiger partial charge is 0.381 e. The number of hydrogen-bond acceptors (Lipinski definition) is 4. The fourth-order valence-corrected chi connectivity index (χ4v) is 3.85. The minimum Gasteiger partial charge on any atom is -0.381 e. The molecule has 0 spiro atoms. The Bertz CT molecular complexity index is 551. The summed E-state index contributed by atoms with van der Waals surface area (Å²) < 4.78 is 7.19. The lowest BCUT2D eigenvalue weighted by atomic mass is 9.94. The Morgan fingerprint density at radius 3 is 2.88 bits per heavy atom. The van der Waals surface area contributed by atoms with E-state index in [-0.39, 0.29) is 5.91 Å². The van der Waals surface area contributed by atoms with Crippen molar-refractivity contribution in [3.8, 4) is 0 Å². The van der Waals surface area contributed by atoms with Crippen LogP contribution in [0.5, 0.6) is 0 Å². The van der Waals surface area contributed by atoms with Crippen LogP contribution in [0.4, 0.5) is 0 Å². The van der Waals surface area contributed by atoms with Crippen molar-refractivity contribution in [3.05, 3.63) is 17.5 Å². The van der Waals surface area contributed by atoms with Gasteiger partial charge in [0.15, 0.2) is 0 Å². The molecule has 0 aromatic carbocycles. The number of nitrogens with zero attached hydrogens (tertiary/aromatic N) is 3. The van der Waals surface area contributed by atoms with Crippen molar-refractivity contribution in [2.24, 2.45) is 7.05 Å². The number of piperidine rings is 1. The van der Waals surface area contributed by atoms with E-state index < -0.39 is 0 Å². The van der Waals surface area contributed by atoms with Gasteiger partial charge in [-0.15, -0.1) is 0 Å². The van der Waals surface area contributed by atoms with Crippen LogP contribution in [0.3, 0.4) is 0 Å². The SMILES string of the molecule is CC1CCCCN1CCNC(=O)c1cn(C)nc1C1CCOCC1. The third kappa shape index (κ3) is 4.16. The van der Waals surface area contributed by atoms with Crippen molar-refractivity contribution in [2.75, 3.05) is 32.8 Å². The second kappa shape index (κ2) is 8.12. The summed E-state index contributed by atoms with van der Waals surface area (Å²) in [7, 11) is 1.88. The number of hydrogen-bond donors (Lipinski definition) is 1. The summed E-state index contributed by atoms with van der Waals surface area (Å²) >= 11 is 0. The van der Waals surface area contributed by atoms with Gasteiger partial charge in [-0.3, -0.25) is 14.4 Å². The average molecular weight is 334 g/mol. The van der Waals surface area contributed by atoms with Gasteiger partial charge in [0.05, 0.1) is 11.3 Å². The van der Waals surface area contributed by atoms with Crippen LogP contribution >= 0.6 is 0 Å². The summed E-state index contributed by atoms with van der Waals surface area (Å²) in [5.74, 6) is 0.345. The Balaban J connectivity index is 1.56. The molecule has 1 aromatic heterocycles. The third-order valence-corrected chi connectivity index (χ3v) is 5.34. The van der Waals surface area contributed by atoms with E-state index in [2.05, 4.69) is 22.2 Å². The van der Waals surface area contributed by atoms with Crippen LogP contribution in [-0.4, -0.2) is 59.5 Å². The number of carbonyl (C=O) groups excluding carboxylic acids is 1. The van der Waals surface area contributed by atoms with Crippen LogP contribution in [0.2, 0.25) is 0 Å². The van der Waals surface area contributed by atoms with E-state index in [1.165, 1.54) is 19.3 Å². The molecule has 1 N–H and O–H groups in total. The van der Waals surface area contributed by atoms with Gasteiger partial charge >= 0.3 is 0 Å². The summed E-state index contributed by atoms with van der Waals surface area (Å²) in [5, 5.41) is 7.65. The number of nitrogens with one attached hydrogen (secondary N) is 1. The Morgan fingerprint density at radius 1 is 1.33 bits per heavy atom. The van der Waals surface area contributed by atoms with Gasteiger partial charge in [0.2, 0.25) is 0 Å². The van der Waals surface area contributed by atoms with E-state index in [4.69, 9.17) is 4.74 Å². The van der Waals surface area contributed by atoms with E-state index in [1.54, 1.807) is 4.68 Å². The van der Waals surface area contributed by atoms with Gasteiger partial charge in [0, 0.05) is 51.5 Å². The molecule has 3 heterocycles. The molecule has 2 aliphatic heterocycles. The van der Waals surface area contributed by atoms with Gasteiger partial charge in [-0.05, 0) is 39.2 Å². The maximum atomic E-state index is 12.6. The quantitative estimate of drug-likeness (QED) is 0.894. The highest BCUT2D eigenvalue weighted by Crippen LogP contribution is 2.28. The number of aryl methyl sites for hydroxylation is 1. The number of likely N-dealkylation sites (tertiary alicyclic amines) is 1. The molecule has 134 valence electrons. The average Bonchev–Trinajstić information content (AvgIpc) is 2.99. The van der Waals surface area contributed by atoms with Crippen molar-refractivity contribution in [2.45, 2.75) is 51.0 Å². The predicted molar refractivity (Wildman–Crippen MR) is 93.2 cm³/mol. The molecule has 1 aromatic rings. The second-order valence-corrected chi connectivity index (χ2v) is 7.13. The van der Waals surface area contributed by atoms with Crippen molar-refractivity contribution in [3.63, 3.8) is 0 Å². The highest BCUT2D eigenvalue weighted by atomic mass is 16.5. The molecule has 3 rings (SSSR count). The summed E-state index contributed by atoms with van der Waals surface area (Å²) in [4.78, 5) is 15.1. The van der Waals surface area contributed by atoms with Crippen LogP contribution in [0, 0.1) is 0 Å². The third-order valence-electron chi connectivity index (χ3n) is 5.34. The molecule has 1 amide bonds. The molecule has 0 bridgehead atoms. The topological polar surface area (TPSA) is 59.4 Å². The first-order valence-corrected chi connectivity index (χ1v) is 9.28. The van der Waals surface area contributed by atoms with Gasteiger partial charge in [0.1, 0.15) is 0 Å². The van der Waals surface area contributed by atoms with Crippen LogP contribution in [0.25, 0.3) is 0 Å². The lowest BCUT2D eigenvalue weighted by molar-refractivity contribution is 0.0831. The number of aromatic nitrogens is 2. The van der Waals surface area contributed by atoms with Gasteiger partial charge in [-0.25, -0.2) is 0 Å². The lowest BCUT2D eigenvalue weighted by Gasteiger charge is -2.33. The van der Waals surface area contributed by atoms with Gasteiger partial charge < -0.3 is 10.1 Å². The van der Waals surface area contributed by atoms with Crippen LogP contribution in [0.15, 0.2) is 6.20 Å². The smallest absolute Gasteiger partial charge is 0.254 e. The highest BCUT2D eigenvalue weighted by molar-refractivity contribution is 5.95. The van der Waals surface area contributed by atoms with Crippen LogP contribution < -0.4 is 5.32 Å². The number of amides is 1. The first-order chi connectivity index (χ1) is 11.6. The zero-order valence-electron chi connectivity index (χ0n) is 15.0. The van der Waals surface area contributed by atoms with Gasteiger partial charge in [-0.2, -0.15) is 5.10 Å². The summed E-state index contributed by atoms with van der Waals surface area (Å²) in [6.07, 6.45) is 7.61. The van der Waals surface area contributed by atoms with Crippen molar-refractivity contribution >= 4 is 5.91 Å². The Kier molecular flexibility index (Phi) is 5.89. The van der Waals surface area contributed by atoms with Crippen molar-refractivity contribution in [1.82, 2.24) is 20.0 Å². The molecule has 24 heavy (non-hydrogen) atoms. The summed E-state index contributed by atoms with van der Waals surface area (Å²) in [5.41, 5.74) is 1.67. The predicted octanol–water partition coefficient (Wildman–Crippen LogP) is 1.92. The summed E-state index contributed by atoms with van der Waals surface area (Å²) in [6.45, 7) is 6.58. The van der Waals surface area contributed by atoms with E-state index in [0.29, 0.717) is 18.5 Å². The van der Waals surface area contributed by atoms with Gasteiger partial charge in [-0.1, -0.05) is 6.42 Å². The molecular formula is C18H30N4O2. The van der Waals surface area contributed by atoms with E-state index in [1.807, 2.05) is 13.2 Å². The first kappa shape index (κ1) is 17.4. The van der Waals surface area contributed by atoms with Crippen molar-refractivity contribution in [1.29, 1.82) is 0 Å². The Hall–Kier alpha value is -1.40. The van der Waals surface area contributed by atoms with E-state index in [9.17, 15) is 4.79 Å². The second-order valence-electron chi connectivity index (χ2n) is 7.13. The molecule has 1 unspecified atom stereocenters. The fourth-order valence-electron chi connectivity index (χ4n) is 3.85. The maximum absolute atomic E-state index is 12.6. The maximum Gasteiger partial charge on any atom is 0.254 e. The molecule has 6 heteroatoms. The Labute approximate surface area is 144 Å². The molecule has 0 aliphatic carbocycles. The zero-order chi connectivity index (χ0) is 16.9. The highest BCUT2D eigenvalue weighted by Gasteiger charge is 2.25. The minimum atomic E-state index is 0.00857. The normalized spacial score (nSPS) is 23.3. The minimum absolute atomic E-state index is 0.00857. The molecule has 2 aliphatic rings. The summed E-state index contributed by atoms with van der Waals surface area (Å²) in [6, 6.07) is 0.631.